The molecule has 0 spiro atoms. The van der Waals surface area contributed by atoms with Gasteiger partial charge >= 0.3 is 0 Å². The van der Waals surface area contributed by atoms with Crippen LogP contribution in [0.5, 0.6) is 5.75 Å². The van der Waals surface area contributed by atoms with Crippen LogP contribution in [-0.2, 0) is 14.8 Å². The van der Waals surface area contributed by atoms with Crippen LogP contribution in [0.15, 0.2) is 41.3 Å². The summed E-state index contributed by atoms with van der Waals surface area (Å²) < 4.78 is 46.8. The number of anilines is 1. The van der Waals surface area contributed by atoms with E-state index < -0.39 is 21.9 Å². The number of nitrogens with zero attached hydrogens (tertiary/aromatic N) is 2. The Balaban J connectivity index is 1.51. The van der Waals surface area contributed by atoms with Crippen molar-refractivity contribution < 1.29 is 27.1 Å². The van der Waals surface area contributed by atoms with Gasteiger partial charge in [0.1, 0.15) is 11.6 Å². The Bertz CT molecular complexity index is 1160. The van der Waals surface area contributed by atoms with Crippen LogP contribution in [0.2, 0.25) is 0 Å². The Morgan fingerprint density at radius 3 is 2.55 bits per heavy atom. The first-order valence-electron chi connectivity index (χ1n) is 9.84. The number of benzene rings is 2. The average molecular weight is 447 g/mol. The van der Waals surface area contributed by atoms with Gasteiger partial charge in [-0.1, -0.05) is 6.07 Å². The lowest BCUT2D eigenvalue weighted by molar-refractivity contribution is -0.122. The highest BCUT2D eigenvalue weighted by Crippen LogP contribution is 2.35. The molecule has 164 valence electrons. The number of halogens is 1. The normalized spacial score (nSPS) is 19.4. The van der Waals surface area contributed by atoms with Crippen molar-refractivity contribution in [3.05, 3.63) is 53.3 Å². The van der Waals surface area contributed by atoms with Gasteiger partial charge in [-0.25, -0.2) is 12.8 Å². The second-order valence-corrected chi connectivity index (χ2v) is 9.48. The van der Waals surface area contributed by atoms with Gasteiger partial charge in [-0.15, -0.1) is 0 Å². The number of ether oxygens (including phenoxy) is 1. The number of piperazine rings is 1. The van der Waals surface area contributed by atoms with Gasteiger partial charge in [-0.05, 0) is 43.7 Å². The standard InChI is InChI=1S/C21H22FN3O5S/c1-13-10-17-18(30-14(2)20(26)23-17)12-19(13)31(28,29)25-8-6-24(7-9-25)21(27)15-4-3-5-16(22)11-15/h3-5,10-12,14H,6-9H2,1-2H3,(H,23,26). The molecule has 0 radical (unpaired) electrons. The SMILES string of the molecule is Cc1cc2c(cc1S(=O)(=O)N1CCN(C(=O)c3cccc(F)c3)CC1)OC(C)C(=O)N2. The minimum absolute atomic E-state index is 0.0968. The number of aryl methyl sites for hydroxylation is 1. The van der Waals surface area contributed by atoms with Crippen LogP contribution in [0.1, 0.15) is 22.8 Å². The van der Waals surface area contributed by atoms with Crippen molar-refractivity contribution in [2.24, 2.45) is 0 Å². The first-order chi connectivity index (χ1) is 14.7. The van der Waals surface area contributed by atoms with Crippen molar-refractivity contribution in [2.75, 3.05) is 31.5 Å². The van der Waals surface area contributed by atoms with E-state index in [1.54, 1.807) is 19.9 Å². The van der Waals surface area contributed by atoms with E-state index in [0.717, 1.165) is 0 Å². The fourth-order valence-corrected chi connectivity index (χ4v) is 5.34. The Labute approximate surface area is 179 Å². The zero-order valence-electron chi connectivity index (χ0n) is 17.1. The molecule has 2 aromatic carbocycles. The predicted molar refractivity (Wildman–Crippen MR) is 111 cm³/mol. The summed E-state index contributed by atoms with van der Waals surface area (Å²) in [6.45, 7) is 3.87. The molecule has 8 nitrogen and oxygen atoms in total. The first-order valence-corrected chi connectivity index (χ1v) is 11.3. The van der Waals surface area contributed by atoms with Crippen LogP contribution in [0, 0.1) is 12.7 Å². The molecule has 2 aliphatic heterocycles. The zero-order valence-corrected chi connectivity index (χ0v) is 17.9. The lowest BCUT2D eigenvalue weighted by Gasteiger charge is -2.34. The minimum atomic E-state index is -3.84. The molecular formula is C21H22FN3O5S. The molecule has 1 unspecified atom stereocenters. The maximum absolute atomic E-state index is 13.4. The van der Waals surface area contributed by atoms with Crippen LogP contribution in [-0.4, -0.2) is 61.7 Å². The van der Waals surface area contributed by atoms with Gasteiger partial charge < -0.3 is 15.0 Å². The van der Waals surface area contributed by atoms with Gasteiger partial charge in [-0.2, -0.15) is 4.31 Å². The van der Waals surface area contributed by atoms with E-state index in [-0.39, 0.29) is 48.5 Å². The Kier molecular flexibility index (Phi) is 5.44. The quantitative estimate of drug-likeness (QED) is 0.777. The van der Waals surface area contributed by atoms with Gasteiger partial charge in [0.2, 0.25) is 10.0 Å². The number of amides is 2. The minimum Gasteiger partial charge on any atom is -0.479 e. The fourth-order valence-electron chi connectivity index (χ4n) is 3.70. The van der Waals surface area contributed by atoms with E-state index in [0.29, 0.717) is 17.0 Å². The Morgan fingerprint density at radius 2 is 1.87 bits per heavy atom. The number of fused-ring (bicyclic) bond motifs is 1. The van der Waals surface area contributed by atoms with Crippen LogP contribution in [0.3, 0.4) is 0 Å². The number of rotatable bonds is 3. The lowest BCUT2D eigenvalue weighted by Crippen LogP contribution is -2.50. The van der Waals surface area contributed by atoms with Crippen LogP contribution in [0.4, 0.5) is 10.1 Å². The van der Waals surface area contributed by atoms with Crippen LogP contribution < -0.4 is 10.1 Å². The van der Waals surface area contributed by atoms with Gasteiger partial charge in [0.15, 0.2) is 6.10 Å². The number of carbonyl (C=O) groups excluding carboxylic acids is 2. The molecule has 0 aliphatic carbocycles. The monoisotopic (exact) mass is 447 g/mol. The summed E-state index contributed by atoms with van der Waals surface area (Å²) in [7, 11) is -3.84. The van der Waals surface area contributed by atoms with Crippen LogP contribution >= 0.6 is 0 Å². The topological polar surface area (TPSA) is 96.0 Å². The Hall–Kier alpha value is -2.98. The van der Waals surface area contributed by atoms with Crippen molar-refractivity contribution in [3.63, 3.8) is 0 Å². The molecule has 1 fully saturated rings. The summed E-state index contributed by atoms with van der Waals surface area (Å²) >= 11 is 0. The largest absolute Gasteiger partial charge is 0.479 e. The lowest BCUT2D eigenvalue weighted by atomic mass is 10.1. The van der Waals surface area contributed by atoms with Crippen LogP contribution in [0.25, 0.3) is 0 Å². The van der Waals surface area contributed by atoms with E-state index in [1.165, 1.54) is 39.5 Å². The maximum Gasteiger partial charge on any atom is 0.265 e. The van der Waals surface area contributed by atoms with E-state index in [4.69, 9.17) is 4.74 Å². The van der Waals surface area contributed by atoms with Crippen molar-refractivity contribution in [1.82, 2.24) is 9.21 Å². The summed E-state index contributed by atoms with van der Waals surface area (Å²) in [6, 6.07) is 8.44. The summed E-state index contributed by atoms with van der Waals surface area (Å²) in [5.41, 5.74) is 1.15. The van der Waals surface area contributed by atoms with E-state index in [2.05, 4.69) is 5.32 Å². The van der Waals surface area contributed by atoms with Gasteiger partial charge in [0, 0.05) is 37.8 Å². The van der Waals surface area contributed by atoms with E-state index >= 15 is 0 Å². The molecule has 2 heterocycles. The summed E-state index contributed by atoms with van der Waals surface area (Å²) in [5.74, 6) is -0.819. The summed E-state index contributed by atoms with van der Waals surface area (Å²) in [4.78, 5) is 26.0. The molecule has 0 bridgehead atoms. The molecule has 10 heteroatoms. The highest BCUT2D eigenvalue weighted by atomic mass is 32.2. The number of carbonyl (C=O) groups is 2. The van der Waals surface area contributed by atoms with Gasteiger partial charge in [0.25, 0.3) is 11.8 Å². The average Bonchev–Trinajstić information content (AvgIpc) is 2.74. The van der Waals surface area contributed by atoms with E-state index in [9.17, 15) is 22.4 Å². The highest BCUT2D eigenvalue weighted by Gasteiger charge is 2.33. The fraction of sp³-hybridized carbons (Fsp3) is 0.333. The molecule has 4 rings (SSSR count). The first kappa shape index (κ1) is 21.3. The molecule has 1 saturated heterocycles. The molecule has 2 aromatic rings. The molecule has 2 amide bonds. The van der Waals surface area contributed by atoms with E-state index in [1.807, 2.05) is 0 Å². The zero-order chi connectivity index (χ0) is 22.3. The Morgan fingerprint density at radius 1 is 1.16 bits per heavy atom. The van der Waals surface area contributed by atoms with Crippen molar-refractivity contribution in [3.8, 4) is 5.75 Å². The van der Waals surface area contributed by atoms with Crippen molar-refractivity contribution >= 4 is 27.5 Å². The summed E-state index contributed by atoms with van der Waals surface area (Å²) in [6.07, 6.45) is -0.719. The third-order valence-corrected chi connectivity index (χ3v) is 7.46. The molecule has 1 atom stereocenters. The summed E-state index contributed by atoms with van der Waals surface area (Å²) in [5, 5.41) is 2.70. The van der Waals surface area contributed by atoms with Gasteiger partial charge in [-0.3, -0.25) is 9.59 Å². The highest BCUT2D eigenvalue weighted by molar-refractivity contribution is 7.89. The third kappa shape index (κ3) is 4.00. The molecule has 0 saturated carbocycles. The predicted octanol–water partition coefficient (Wildman–Crippen LogP) is 2.00. The number of sulfonamides is 1. The maximum atomic E-state index is 13.4. The molecule has 31 heavy (non-hydrogen) atoms. The van der Waals surface area contributed by atoms with Crippen molar-refractivity contribution in [1.29, 1.82) is 0 Å². The molecular weight excluding hydrogens is 425 g/mol. The second kappa shape index (κ2) is 7.93. The third-order valence-electron chi connectivity index (χ3n) is 5.42. The number of nitrogens with one attached hydrogen (secondary N) is 1. The number of hydrogen-bond donors (Lipinski definition) is 1. The van der Waals surface area contributed by atoms with Crippen molar-refractivity contribution in [2.45, 2.75) is 24.8 Å². The number of hydrogen-bond acceptors (Lipinski definition) is 5. The second-order valence-electron chi connectivity index (χ2n) is 7.57. The molecule has 1 N–H and O–H groups in total. The smallest absolute Gasteiger partial charge is 0.265 e. The van der Waals surface area contributed by atoms with Gasteiger partial charge in [0.05, 0.1) is 10.6 Å². The molecule has 0 aromatic heterocycles. The molecule has 2 aliphatic rings.